The van der Waals surface area contributed by atoms with Crippen molar-refractivity contribution in [2.75, 3.05) is 0 Å². The summed E-state index contributed by atoms with van der Waals surface area (Å²) in [6, 6.07) is 6.62. The predicted molar refractivity (Wildman–Crippen MR) is 90.1 cm³/mol. The van der Waals surface area contributed by atoms with E-state index in [0.717, 1.165) is 68.1 Å². The summed E-state index contributed by atoms with van der Waals surface area (Å²) in [6.45, 7) is 4.28. The zero-order valence-electron chi connectivity index (χ0n) is 13.8. The molecule has 1 atom stereocenters. The summed E-state index contributed by atoms with van der Waals surface area (Å²) in [5, 5.41) is 0. The number of halogens is 1. The lowest BCUT2D eigenvalue weighted by molar-refractivity contribution is -0.119. The molecule has 120 valence electrons. The van der Waals surface area contributed by atoms with Crippen molar-refractivity contribution in [3.05, 3.63) is 41.2 Å². The Labute approximate surface area is 133 Å². The summed E-state index contributed by atoms with van der Waals surface area (Å²) >= 11 is 0. The molecule has 1 aliphatic rings. The van der Waals surface area contributed by atoms with Gasteiger partial charge in [-0.05, 0) is 67.4 Å². The number of rotatable bonds is 7. The minimum Gasteiger partial charge on any atom is -0.294 e. The van der Waals surface area contributed by atoms with Crippen molar-refractivity contribution in [3.63, 3.8) is 0 Å². The molecule has 0 aromatic heterocycles. The fourth-order valence-corrected chi connectivity index (χ4v) is 3.36. The van der Waals surface area contributed by atoms with Crippen LogP contribution in [-0.4, -0.2) is 5.78 Å². The molecule has 0 amide bonds. The second-order valence-corrected chi connectivity index (χ2v) is 6.28. The van der Waals surface area contributed by atoms with E-state index in [9.17, 15) is 9.18 Å². The highest BCUT2D eigenvalue weighted by Gasteiger charge is 2.25. The highest BCUT2D eigenvalue weighted by atomic mass is 19.1. The van der Waals surface area contributed by atoms with Gasteiger partial charge in [0.05, 0.1) is 0 Å². The van der Waals surface area contributed by atoms with Gasteiger partial charge in [-0.1, -0.05) is 38.8 Å². The maximum Gasteiger partial charge on any atom is 0.162 e. The molecule has 2 rings (SSSR count). The molecule has 1 aromatic carbocycles. The first-order valence-corrected chi connectivity index (χ1v) is 8.69. The maximum absolute atomic E-state index is 13.1. The van der Waals surface area contributed by atoms with Gasteiger partial charge < -0.3 is 0 Å². The van der Waals surface area contributed by atoms with Gasteiger partial charge in [-0.2, -0.15) is 0 Å². The largest absolute Gasteiger partial charge is 0.294 e. The van der Waals surface area contributed by atoms with Crippen LogP contribution in [0, 0.1) is 11.7 Å². The lowest BCUT2D eigenvalue weighted by Gasteiger charge is -2.23. The zero-order chi connectivity index (χ0) is 15.9. The van der Waals surface area contributed by atoms with Crippen molar-refractivity contribution in [2.45, 2.75) is 65.2 Å². The Morgan fingerprint density at radius 3 is 2.45 bits per heavy atom. The van der Waals surface area contributed by atoms with Crippen LogP contribution in [0.5, 0.6) is 0 Å². The van der Waals surface area contributed by atoms with E-state index in [2.05, 4.69) is 13.8 Å². The lowest BCUT2D eigenvalue weighted by atomic mass is 9.80. The van der Waals surface area contributed by atoms with Gasteiger partial charge in [0.1, 0.15) is 5.82 Å². The summed E-state index contributed by atoms with van der Waals surface area (Å²) < 4.78 is 13.1. The Hall–Kier alpha value is -1.44. The number of carbonyl (C=O) groups excluding carboxylic acids is 1. The van der Waals surface area contributed by atoms with Gasteiger partial charge in [0.2, 0.25) is 0 Å². The van der Waals surface area contributed by atoms with Crippen molar-refractivity contribution in [3.8, 4) is 0 Å². The predicted octanol–water partition coefficient (Wildman–Crippen LogP) is 5.94. The van der Waals surface area contributed by atoms with Crippen molar-refractivity contribution in [2.24, 2.45) is 5.92 Å². The summed E-state index contributed by atoms with van der Waals surface area (Å²) in [5.74, 6) is 0.279. The van der Waals surface area contributed by atoms with Crippen LogP contribution in [0.1, 0.15) is 70.8 Å². The van der Waals surface area contributed by atoms with Crippen molar-refractivity contribution in [1.29, 1.82) is 0 Å². The second kappa shape index (κ2) is 8.26. The van der Waals surface area contributed by atoms with Crippen molar-refractivity contribution >= 4 is 11.4 Å². The van der Waals surface area contributed by atoms with E-state index >= 15 is 0 Å². The van der Waals surface area contributed by atoms with Crippen LogP contribution in [0.4, 0.5) is 4.39 Å². The van der Waals surface area contributed by atoms with Gasteiger partial charge in [-0.15, -0.1) is 0 Å². The van der Waals surface area contributed by atoms with Crippen LogP contribution in [-0.2, 0) is 4.79 Å². The topological polar surface area (TPSA) is 17.1 Å². The molecule has 0 spiro atoms. The Morgan fingerprint density at radius 1 is 1.14 bits per heavy atom. The number of benzene rings is 1. The van der Waals surface area contributed by atoms with Crippen molar-refractivity contribution < 1.29 is 9.18 Å². The Balaban J connectivity index is 2.30. The summed E-state index contributed by atoms with van der Waals surface area (Å²) in [6.07, 6.45) is 8.19. The maximum atomic E-state index is 13.1. The van der Waals surface area contributed by atoms with E-state index in [4.69, 9.17) is 0 Å². The lowest BCUT2D eigenvalue weighted by Crippen LogP contribution is -2.19. The molecule has 1 nitrogen and oxygen atoms in total. The first-order valence-electron chi connectivity index (χ1n) is 8.69. The first kappa shape index (κ1) is 16.9. The highest BCUT2D eigenvalue weighted by molar-refractivity contribution is 6.04. The number of carbonyl (C=O) groups is 1. The van der Waals surface area contributed by atoms with Gasteiger partial charge in [0.25, 0.3) is 0 Å². The Morgan fingerprint density at radius 2 is 1.82 bits per heavy atom. The molecule has 0 saturated heterocycles. The molecular formula is C20H27FO. The van der Waals surface area contributed by atoms with Crippen LogP contribution >= 0.6 is 0 Å². The van der Waals surface area contributed by atoms with Gasteiger partial charge >= 0.3 is 0 Å². The Bertz CT molecular complexity index is 527. The molecular weight excluding hydrogens is 275 g/mol. The van der Waals surface area contributed by atoms with E-state index < -0.39 is 0 Å². The average molecular weight is 302 g/mol. The number of Topliss-reactive ketones (excluding diaryl/α,β-unsaturated/α-hetero) is 1. The molecule has 1 aliphatic carbocycles. The van der Waals surface area contributed by atoms with Crippen molar-refractivity contribution in [1.82, 2.24) is 0 Å². The molecule has 0 saturated carbocycles. The second-order valence-electron chi connectivity index (χ2n) is 6.28. The summed E-state index contributed by atoms with van der Waals surface area (Å²) in [7, 11) is 0. The number of unbranched alkanes of at least 4 members (excludes halogenated alkanes) is 1. The average Bonchev–Trinajstić information content (AvgIpc) is 2.56. The van der Waals surface area contributed by atoms with Gasteiger partial charge in [-0.3, -0.25) is 4.79 Å². The normalized spacial score (nSPS) is 16.7. The number of ketones is 1. The molecule has 0 N–H and O–H groups in total. The first-order chi connectivity index (χ1) is 10.7. The van der Waals surface area contributed by atoms with Gasteiger partial charge in [0.15, 0.2) is 5.78 Å². The molecule has 2 heteroatoms. The summed E-state index contributed by atoms with van der Waals surface area (Å²) in [4.78, 5) is 13.0. The third-order valence-corrected chi connectivity index (χ3v) is 4.73. The molecule has 22 heavy (non-hydrogen) atoms. The van der Waals surface area contributed by atoms with Crippen LogP contribution in [0.15, 0.2) is 29.8 Å². The number of hydrogen-bond acceptors (Lipinski definition) is 1. The molecule has 0 radical (unpaired) electrons. The number of allylic oxidation sites excluding steroid dienone is 2. The van der Waals surface area contributed by atoms with E-state index in [1.807, 2.05) is 12.1 Å². The molecule has 1 unspecified atom stereocenters. The minimum atomic E-state index is -0.220. The fourth-order valence-electron chi connectivity index (χ4n) is 3.36. The standard InChI is InChI=1S/C20H27FO/c1-3-5-8-15(4-2)20(22)19-10-7-6-9-18(19)16-11-13-17(21)14-12-16/h11-15H,3-10H2,1-2H3. The van der Waals surface area contributed by atoms with Crippen LogP contribution in [0.25, 0.3) is 5.57 Å². The number of hydrogen-bond donors (Lipinski definition) is 0. The zero-order valence-corrected chi connectivity index (χ0v) is 13.8. The third kappa shape index (κ3) is 4.06. The van der Waals surface area contributed by atoms with Crippen LogP contribution in [0.3, 0.4) is 0 Å². The van der Waals surface area contributed by atoms with E-state index in [0.29, 0.717) is 5.78 Å². The molecule has 0 aliphatic heterocycles. The Kier molecular flexibility index (Phi) is 6.35. The molecule has 1 aromatic rings. The van der Waals surface area contributed by atoms with Crippen LogP contribution < -0.4 is 0 Å². The monoisotopic (exact) mass is 302 g/mol. The third-order valence-electron chi connectivity index (χ3n) is 4.73. The molecule has 0 heterocycles. The van der Waals surface area contributed by atoms with E-state index in [1.165, 1.54) is 12.1 Å². The van der Waals surface area contributed by atoms with E-state index in [-0.39, 0.29) is 11.7 Å². The minimum absolute atomic E-state index is 0.156. The van der Waals surface area contributed by atoms with Gasteiger partial charge in [0, 0.05) is 5.92 Å². The van der Waals surface area contributed by atoms with Crippen LogP contribution in [0.2, 0.25) is 0 Å². The fraction of sp³-hybridized carbons (Fsp3) is 0.550. The highest BCUT2D eigenvalue weighted by Crippen LogP contribution is 2.35. The summed E-state index contributed by atoms with van der Waals surface area (Å²) in [5.41, 5.74) is 3.20. The van der Waals surface area contributed by atoms with E-state index in [1.54, 1.807) is 0 Å². The molecule has 0 bridgehead atoms. The quantitative estimate of drug-likeness (QED) is 0.609. The molecule has 0 fully saturated rings. The SMILES string of the molecule is CCCCC(CC)C(=O)C1=C(c2ccc(F)cc2)CCCC1. The van der Waals surface area contributed by atoms with Gasteiger partial charge in [-0.25, -0.2) is 4.39 Å². The smallest absolute Gasteiger partial charge is 0.162 e.